The fourth-order valence-corrected chi connectivity index (χ4v) is 2.33. The molecule has 0 fully saturated rings. The van der Waals surface area contributed by atoms with Gasteiger partial charge in [-0.1, -0.05) is 20.8 Å². The third kappa shape index (κ3) is 4.24. The first kappa shape index (κ1) is 16.4. The predicted molar refractivity (Wildman–Crippen MR) is 88.3 cm³/mol. The Morgan fingerprint density at radius 2 is 1.91 bits per heavy atom. The zero-order valence-electron chi connectivity index (χ0n) is 13.8. The molecule has 0 unspecified atom stereocenters. The van der Waals surface area contributed by atoms with Crippen LogP contribution in [0.2, 0.25) is 0 Å². The molecular weight excluding hydrogens is 278 g/mol. The van der Waals surface area contributed by atoms with E-state index in [1.54, 1.807) is 0 Å². The van der Waals surface area contributed by atoms with E-state index in [-0.39, 0.29) is 12.0 Å². The van der Waals surface area contributed by atoms with Gasteiger partial charge in [0.05, 0.1) is 12.3 Å². The van der Waals surface area contributed by atoms with Crippen LogP contribution in [0.4, 0.5) is 5.69 Å². The van der Waals surface area contributed by atoms with E-state index in [4.69, 9.17) is 9.84 Å². The van der Waals surface area contributed by atoms with Gasteiger partial charge in [-0.25, -0.2) is 0 Å². The van der Waals surface area contributed by atoms with Crippen molar-refractivity contribution in [2.45, 2.75) is 32.7 Å². The first-order chi connectivity index (χ1) is 10.4. The van der Waals surface area contributed by atoms with Crippen LogP contribution in [-0.4, -0.2) is 28.1 Å². The van der Waals surface area contributed by atoms with Crippen molar-refractivity contribution in [3.8, 4) is 5.75 Å². The Hall–Kier alpha value is -2.01. The van der Waals surface area contributed by atoms with Crippen LogP contribution in [0.5, 0.6) is 5.75 Å². The second kappa shape index (κ2) is 6.83. The lowest BCUT2D eigenvalue weighted by Gasteiger charge is -2.18. The number of aromatic nitrogens is 2. The number of aliphatic hydroxyl groups is 1. The summed E-state index contributed by atoms with van der Waals surface area (Å²) in [5.41, 5.74) is 3.38. The molecule has 1 aromatic carbocycles. The summed E-state index contributed by atoms with van der Waals surface area (Å²) >= 11 is 0. The van der Waals surface area contributed by atoms with Crippen LogP contribution in [-0.2, 0) is 19.0 Å². The quantitative estimate of drug-likeness (QED) is 0.861. The third-order valence-corrected chi connectivity index (χ3v) is 3.31. The van der Waals surface area contributed by atoms with Crippen molar-refractivity contribution >= 4 is 5.69 Å². The van der Waals surface area contributed by atoms with Gasteiger partial charge in [0.2, 0.25) is 0 Å². The number of hydrogen-bond donors (Lipinski definition) is 2. The average Bonchev–Trinajstić information content (AvgIpc) is 2.85. The molecule has 2 N–H and O–H groups in total. The minimum atomic E-state index is 0.0244. The molecule has 2 aromatic rings. The molecule has 0 saturated carbocycles. The van der Waals surface area contributed by atoms with Gasteiger partial charge in [0.15, 0.2) is 0 Å². The Bertz CT molecular complexity index is 597. The maximum atomic E-state index is 8.74. The van der Waals surface area contributed by atoms with Crippen LogP contribution in [0.3, 0.4) is 0 Å². The molecule has 5 nitrogen and oxygen atoms in total. The molecule has 0 aliphatic heterocycles. The van der Waals surface area contributed by atoms with Crippen molar-refractivity contribution < 1.29 is 9.84 Å². The standard InChI is InChI=1S/C17H25N3O2/c1-17(2,3)16-13(12-20(4)19-16)11-18-14-5-7-15(8-6-14)22-10-9-21/h5-8,12,18,21H,9-11H2,1-4H3. The number of benzene rings is 1. The smallest absolute Gasteiger partial charge is 0.119 e. The van der Waals surface area contributed by atoms with Gasteiger partial charge in [0, 0.05) is 36.5 Å². The van der Waals surface area contributed by atoms with Gasteiger partial charge in [0.1, 0.15) is 12.4 Å². The zero-order valence-corrected chi connectivity index (χ0v) is 13.8. The molecule has 0 bridgehead atoms. The highest BCUT2D eigenvalue weighted by Gasteiger charge is 2.21. The van der Waals surface area contributed by atoms with E-state index in [9.17, 15) is 0 Å². The minimum absolute atomic E-state index is 0.0244. The van der Waals surface area contributed by atoms with Crippen molar-refractivity contribution in [3.05, 3.63) is 41.7 Å². The third-order valence-electron chi connectivity index (χ3n) is 3.31. The molecule has 0 saturated heterocycles. The van der Waals surface area contributed by atoms with Crippen LogP contribution in [0, 0.1) is 0 Å². The second-order valence-electron chi connectivity index (χ2n) is 6.38. The van der Waals surface area contributed by atoms with Gasteiger partial charge < -0.3 is 15.2 Å². The predicted octanol–water partition coefficient (Wildman–Crippen LogP) is 2.70. The largest absolute Gasteiger partial charge is 0.491 e. The minimum Gasteiger partial charge on any atom is -0.491 e. The molecule has 1 aromatic heterocycles. The number of nitrogens with zero attached hydrogens (tertiary/aromatic N) is 2. The Kier molecular flexibility index (Phi) is 5.08. The Morgan fingerprint density at radius 1 is 1.23 bits per heavy atom. The summed E-state index contributed by atoms with van der Waals surface area (Å²) in [6.45, 7) is 7.59. The molecule has 120 valence electrons. The Morgan fingerprint density at radius 3 is 2.50 bits per heavy atom. The summed E-state index contributed by atoms with van der Waals surface area (Å²) in [6.07, 6.45) is 2.06. The van der Waals surface area contributed by atoms with Gasteiger partial charge in [-0.15, -0.1) is 0 Å². The molecule has 0 amide bonds. The molecule has 0 radical (unpaired) electrons. The summed E-state index contributed by atoms with van der Waals surface area (Å²) in [5.74, 6) is 0.761. The highest BCUT2D eigenvalue weighted by atomic mass is 16.5. The monoisotopic (exact) mass is 303 g/mol. The lowest BCUT2D eigenvalue weighted by molar-refractivity contribution is 0.201. The van der Waals surface area contributed by atoms with E-state index in [1.165, 1.54) is 5.56 Å². The first-order valence-electron chi connectivity index (χ1n) is 7.51. The van der Waals surface area contributed by atoms with E-state index in [2.05, 4.69) is 37.4 Å². The first-order valence-corrected chi connectivity index (χ1v) is 7.51. The molecule has 0 spiro atoms. The molecule has 2 rings (SSSR count). The fourth-order valence-electron chi connectivity index (χ4n) is 2.33. The van der Waals surface area contributed by atoms with Gasteiger partial charge in [-0.05, 0) is 24.3 Å². The lowest BCUT2D eigenvalue weighted by Crippen LogP contribution is -2.16. The van der Waals surface area contributed by atoms with Crippen LogP contribution < -0.4 is 10.1 Å². The number of nitrogens with one attached hydrogen (secondary N) is 1. The van der Waals surface area contributed by atoms with Crippen molar-refractivity contribution in [2.24, 2.45) is 7.05 Å². The van der Waals surface area contributed by atoms with Gasteiger partial charge in [-0.3, -0.25) is 4.68 Å². The van der Waals surface area contributed by atoms with Crippen LogP contribution >= 0.6 is 0 Å². The average molecular weight is 303 g/mol. The summed E-state index contributed by atoms with van der Waals surface area (Å²) in [6, 6.07) is 7.73. The van der Waals surface area contributed by atoms with E-state index >= 15 is 0 Å². The van der Waals surface area contributed by atoms with Gasteiger partial charge in [-0.2, -0.15) is 5.10 Å². The summed E-state index contributed by atoms with van der Waals surface area (Å²) in [7, 11) is 1.95. The lowest BCUT2D eigenvalue weighted by atomic mass is 9.89. The van der Waals surface area contributed by atoms with Crippen LogP contribution in [0.25, 0.3) is 0 Å². The number of anilines is 1. The number of hydrogen-bond acceptors (Lipinski definition) is 4. The Labute approximate surface area is 131 Å². The molecular formula is C17H25N3O2. The van der Waals surface area contributed by atoms with Crippen molar-refractivity contribution in [1.29, 1.82) is 0 Å². The zero-order chi connectivity index (χ0) is 16.2. The summed E-state index contributed by atoms with van der Waals surface area (Å²) in [5, 5.41) is 16.7. The van der Waals surface area contributed by atoms with Crippen LogP contribution in [0.15, 0.2) is 30.5 Å². The van der Waals surface area contributed by atoms with Crippen LogP contribution in [0.1, 0.15) is 32.0 Å². The maximum absolute atomic E-state index is 8.74. The number of rotatable bonds is 6. The molecule has 0 aliphatic rings. The molecule has 1 heterocycles. The number of ether oxygens (including phenoxy) is 1. The number of aliphatic hydroxyl groups excluding tert-OH is 1. The van der Waals surface area contributed by atoms with Gasteiger partial charge in [0.25, 0.3) is 0 Å². The van der Waals surface area contributed by atoms with Crippen molar-refractivity contribution in [1.82, 2.24) is 9.78 Å². The molecule has 0 atom stereocenters. The highest BCUT2D eigenvalue weighted by molar-refractivity contribution is 5.47. The Balaban J connectivity index is 2.01. The molecule has 5 heteroatoms. The second-order valence-corrected chi connectivity index (χ2v) is 6.38. The maximum Gasteiger partial charge on any atom is 0.119 e. The molecule has 0 aliphatic carbocycles. The van der Waals surface area contributed by atoms with E-state index in [1.807, 2.05) is 36.0 Å². The topological polar surface area (TPSA) is 59.3 Å². The van der Waals surface area contributed by atoms with E-state index in [0.717, 1.165) is 23.7 Å². The normalized spacial score (nSPS) is 11.5. The SMILES string of the molecule is Cn1cc(CNc2ccc(OCCO)cc2)c(C(C)(C)C)n1. The fraction of sp³-hybridized carbons (Fsp3) is 0.471. The highest BCUT2D eigenvalue weighted by Crippen LogP contribution is 2.25. The number of aryl methyl sites for hydroxylation is 1. The van der Waals surface area contributed by atoms with E-state index in [0.29, 0.717) is 6.61 Å². The van der Waals surface area contributed by atoms with Crippen molar-refractivity contribution in [3.63, 3.8) is 0 Å². The summed E-state index contributed by atoms with van der Waals surface area (Å²) in [4.78, 5) is 0. The summed E-state index contributed by atoms with van der Waals surface area (Å²) < 4.78 is 7.21. The van der Waals surface area contributed by atoms with Gasteiger partial charge >= 0.3 is 0 Å². The van der Waals surface area contributed by atoms with E-state index < -0.39 is 0 Å². The molecule has 22 heavy (non-hydrogen) atoms. The van der Waals surface area contributed by atoms with Crippen molar-refractivity contribution in [2.75, 3.05) is 18.5 Å².